The van der Waals surface area contributed by atoms with Gasteiger partial charge in [-0.1, -0.05) is 20.8 Å². The SMILES string of the molecule is CC(C)C1C(=O)NCCN1C(=O)CC(C)C1CCCNC1.Cl. The standard InChI is InChI=1S/C16H29N3O2.ClH/c1-11(2)15-16(21)18-7-8-19(15)14(20)9-12(3)13-5-4-6-17-10-13;/h11-13,15,17H,4-10H2,1-3H3,(H,18,21);1H. The summed E-state index contributed by atoms with van der Waals surface area (Å²) in [6, 6.07) is -0.303. The second-order valence-electron chi connectivity index (χ2n) is 6.85. The predicted molar refractivity (Wildman–Crippen MR) is 90.0 cm³/mol. The maximum atomic E-state index is 12.6. The van der Waals surface area contributed by atoms with Gasteiger partial charge in [0.1, 0.15) is 6.04 Å². The van der Waals surface area contributed by atoms with Crippen molar-refractivity contribution in [2.45, 2.75) is 46.1 Å². The topological polar surface area (TPSA) is 61.4 Å². The van der Waals surface area contributed by atoms with Crippen LogP contribution in [-0.2, 0) is 9.59 Å². The molecule has 2 fully saturated rings. The Morgan fingerprint density at radius 2 is 2.05 bits per heavy atom. The third kappa shape index (κ3) is 4.59. The number of piperidine rings is 1. The summed E-state index contributed by atoms with van der Waals surface area (Å²) in [5.41, 5.74) is 0. The first-order valence-electron chi connectivity index (χ1n) is 8.28. The van der Waals surface area contributed by atoms with Crippen LogP contribution in [0.15, 0.2) is 0 Å². The van der Waals surface area contributed by atoms with Gasteiger partial charge in [-0.25, -0.2) is 0 Å². The van der Waals surface area contributed by atoms with Crippen molar-refractivity contribution < 1.29 is 9.59 Å². The summed E-state index contributed by atoms with van der Waals surface area (Å²) >= 11 is 0. The molecule has 0 saturated carbocycles. The van der Waals surface area contributed by atoms with E-state index in [0.29, 0.717) is 31.3 Å². The van der Waals surface area contributed by atoms with Crippen LogP contribution in [0.2, 0.25) is 0 Å². The fourth-order valence-electron chi connectivity index (χ4n) is 3.55. The van der Waals surface area contributed by atoms with E-state index in [9.17, 15) is 9.59 Å². The molecule has 0 bridgehead atoms. The molecule has 128 valence electrons. The van der Waals surface area contributed by atoms with Crippen molar-refractivity contribution in [3.63, 3.8) is 0 Å². The number of halogens is 1. The summed E-state index contributed by atoms with van der Waals surface area (Å²) in [5.74, 6) is 1.25. The van der Waals surface area contributed by atoms with Crippen LogP contribution in [0, 0.1) is 17.8 Å². The highest BCUT2D eigenvalue weighted by molar-refractivity contribution is 5.89. The normalized spacial score (nSPS) is 27.1. The highest BCUT2D eigenvalue weighted by Crippen LogP contribution is 2.24. The van der Waals surface area contributed by atoms with Gasteiger partial charge in [0.2, 0.25) is 11.8 Å². The molecule has 22 heavy (non-hydrogen) atoms. The largest absolute Gasteiger partial charge is 0.353 e. The lowest BCUT2D eigenvalue weighted by molar-refractivity contribution is -0.146. The first-order valence-corrected chi connectivity index (χ1v) is 8.28. The Labute approximate surface area is 140 Å². The average Bonchev–Trinajstić information content (AvgIpc) is 2.47. The van der Waals surface area contributed by atoms with Gasteiger partial charge < -0.3 is 15.5 Å². The van der Waals surface area contributed by atoms with Crippen molar-refractivity contribution in [3.8, 4) is 0 Å². The molecule has 5 nitrogen and oxygen atoms in total. The molecular formula is C16H30ClN3O2. The van der Waals surface area contributed by atoms with Crippen LogP contribution in [-0.4, -0.2) is 48.9 Å². The first kappa shape index (κ1) is 19.2. The van der Waals surface area contributed by atoms with Crippen LogP contribution in [0.3, 0.4) is 0 Å². The fraction of sp³-hybridized carbons (Fsp3) is 0.875. The van der Waals surface area contributed by atoms with Crippen molar-refractivity contribution in [1.29, 1.82) is 0 Å². The number of rotatable bonds is 4. The number of nitrogens with zero attached hydrogens (tertiary/aromatic N) is 1. The second-order valence-corrected chi connectivity index (χ2v) is 6.85. The highest BCUT2D eigenvalue weighted by atomic mass is 35.5. The smallest absolute Gasteiger partial charge is 0.243 e. The number of hydrogen-bond acceptors (Lipinski definition) is 3. The van der Waals surface area contributed by atoms with Crippen molar-refractivity contribution in [2.75, 3.05) is 26.2 Å². The van der Waals surface area contributed by atoms with E-state index in [0.717, 1.165) is 13.1 Å². The molecule has 0 aromatic heterocycles. The van der Waals surface area contributed by atoms with Crippen LogP contribution in [0.4, 0.5) is 0 Å². The molecule has 0 aromatic rings. The number of carbonyl (C=O) groups is 2. The van der Waals surface area contributed by atoms with Gasteiger partial charge in [-0.2, -0.15) is 0 Å². The number of hydrogen-bond donors (Lipinski definition) is 2. The zero-order valence-corrected chi connectivity index (χ0v) is 14.7. The van der Waals surface area contributed by atoms with Gasteiger partial charge in [0.15, 0.2) is 0 Å². The zero-order chi connectivity index (χ0) is 15.4. The predicted octanol–water partition coefficient (Wildman–Crippen LogP) is 1.42. The molecule has 2 N–H and O–H groups in total. The summed E-state index contributed by atoms with van der Waals surface area (Å²) in [6.45, 7) is 9.51. The zero-order valence-electron chi connectivity index (χ0n) is 13.9. The van der Waals surface area contributed by atoms with Crippen molar-refractivity contribution >= 4 is 24.2 Å². The van der Waals surface area contributed by atoms with Gasteiger partial charge >= 0.3 is 0 Å². The molecule has 6 heteroatoms. The van der Waals surface area contributed by atoms with Crippen LogP contribution in [0.1, 0.15) is 40.0 Å². The molecule has 2 saturated heterocycles. The minimum atomic E-state index is -0.303. The summed E-state index contributed by atoms with van der Waals surface area (Å²) in [5, 5.41) is 6.29. The molecule has 0 aliphatic carbocycles. The van der Waals surface area contributed by atoms with E-state index in [1.165, 1.54) is 12.8 Å². The van der Waals surface area contributed by atoms with Gasteiger partial charge in [-0.05, 0) is 43.7 Å². The molecule has 0 spiro atoms. The number of amides is 2. The Balaban J connectivity index is 0.00000242. The number of carbonyl (C=O) groups excluding carboxylic acids is 2. The van der Waals surface area contributed by atoms with Crippen LogP contribution in [0.5, 0.6) is 0 Å². The molecule has 3 atom stereocenters. The van der Waals surface area contributed by atoms with E-state index in [2.05, 4.69) is 17.6 Å². The maximum absolute atomic E-state index is 12.6. The fourth-order valence-corrected chi connectivity index (χ4v) is 3.55. The molecule has 2 aliphatic heterocycles. The molecule has 2 amide bonds. The van der Waals surface area contributed by atoms with Crippen LogP contribution < -0.4 is 10.6 Å². The lowest BCUT2D eigenvalue weighted by Crippen LogP contribution is -2.59. The van der Waals surface area contributed by atoms with Crippen molar-refractivity contribution in [1.82, 2.24) is 15.5 Å². The van der Waals surface area contributed by atoms with E-state index in [4.69, 9.17) is 0 Å². The molecule has 2 aliphatic rings. The van der Waals surface area contributed by atoms with Gasteiger partial charge in [0.05, 0.1) is 0 Å². The van der Waals surface area contributed by atoms with Crippen LogP contribution in [0.25, 0.3) is 0 Å². The third-order valence-corrected chi connectivity index (χ3v) is 4.84. The monoisotopic (exact) mass is 331 g/mol. The Morgan fingerprint density at radius 1 is 1.32 bits per heavy atom. The van der Waals surface area contributed by atoms with Gasteiger partial charge in [-0.15, -0.1) is 12.4 Å². The van der Waals surface area contributed by atoms with Crippen LogP contribution >= 0.6 is 12.4 Å². The van der Waals surface area contributed by atoms with E-state index in [-0.39, 0.29) is 36.2 Å². The molecule has 0 aromatic carbocycles. The van der Waals surface area contributed by atoms with E-state index in [1.807, 2.05) is 13.8 Å². The lowest BCUT2D eigenvalue weighted by Gasteiger charge is -2.38. The van der Waals surface area contributed by atoms with Crippen molar-refractivity contribution in [3.05, 3.63) is 0 Å². The molecule has 0 radical (unpaired) electrons. The number of nitrogens with one attached hydrogen (secondary N) is 2. The minimum Gasteiger partial charge on any atom is -0.353 e. The molecule has 2 heterocycles. The van der Waals surface area contributed by atoms with E-state index >= 15 is 0 Å². The maximum Gasteiger partial charge on any atom is 0.243 e. The van der Waals surface area contributed by atoms with Crippen molar-refractivity contribution in [2.24, 2.45) is 17.8 Å². The average molecular weight is 332 g/mol. The third-order valence-electron chi connectivity index (χ3n) is 4.84. The molecule has 3 unspecified atom stereocenters. The first-order chi connectivity index (χ1) is 10.0. The molecular weight excluding hydrogens is 302 g/mol. The Bertz CT molecular complexity index is 384. The summed E-state index contributed by atoms with van der Waals surface area (Å²) in [7, 11) is 0. The van der Waals surface area contributed by atoms with Gasteiger partial charge in [-0.3, -0.25) is 9.59 Å². The minimum absolute atomic E-state index is 0. The lowest BCUT2D eigenvalue weighted by atomic mass is 9.85. The quantitative estimate of drug-likeness (QED) is 0.819. The summed E-state index contributed by atoms with van der Waals surface area (Å²) in [6.07, 6.45) is 2.96. The Kier molecular flexibility index (Phi) is 7.63. The van der Waals surface area contributed by atoms with Gasteiger partial charge in [0, 0.05) is 19.5 Å². The summed E-state index contributed by atoms with van der Waals surface area (Å²) in [4.78, 5) is 26.5. The molecule has 2 rings (SSSR count). The summed E-state index contributed by atoms with van der Waals surface area (Å²) < 4.78 is 0. The Morgan fingerprint density at radius 3 is 2.64 bits per heavy atom. The van der Waals surface area contributed by atoms with Gasteiger partial charge in [0.25, 0.3) is 0 Å². The number of piperazine rings is 1. The second kappa shape index (κ2) is 8.73. The highest BCUT2D eigenvalue weighted by Gasteiger charge is 2.36. The van der Waals surface area contributed by atoms with E-state index < -0.39 is 0 Å². The Hall–Kier alpha value is -0.810. The van der Waals surface area contributed by atoms with E-state index in [1.54, 1.807) is 4.90 Å².